The Morgan fingerprint density at radius 3 is 2.70 bits per heavy atom. The predicted octanol–water partition coefficient (Wildman–Crippen LogP) is 2.99. The summed E-state index contributed by atoms with van der Waals surface area (Å²) in [4.78, 5) is 28.5. The van der Waals surface area contributed by atoms with Gasteiger partial charge < -0.3 is 15.3 Å². The molecule has 0 aliphatic carbocycles. The summed E-state index contributed by atoms with van der Waals surface area (Å²) in [7, 11) is 1.57. The molecule has 1 atom stereocenters. The van der Waals surface area contributed by atoms with Gasteiger partial charge in [-0.05, 0) is 6.92 Å². The summed E-state index contributed by atoms with van der Waals surface area (Å²) < 4.78 is 0. The Hall–Kier alpha value is -2.41. The average Bonchev–Trinajstić information content (AvgIpc) is 3.03. The quantitative estimate of drug-likeness (QED) is 0.851. The third-order valence-electron chi connectivity index (χ3n) is 3.31. The summed E-state index contributed by atoms with van der Waals surface area (Å²) in [5.74, 6) is -0.926. The molecule has 0 aliphatic rings. The van der Waals surface area contributed by atoms with Gasteiger partial charge in [0, 0.05) is 24.5 Å². The largest absolute Gasteiger partial charge is 0.481 e. The van der Waals surface area contributed by atoms with Crippen LogP contribution in [0.1, 0.15) is 24.4 Å². The first-order chi connectivity index (χ1) is 11.0. The van der Waals surface area contributed by atoms with Crippen LogP contribution in [0.3, 0.4) is 0 Å². The van der Waals surface area contributed by atoms with Crippen molar-refractivity contribution in [3.63, 3.8) is 0 Å². The number of rotatable bonds is 6. The molecule has 0 saturated carbocycles. The molecule has 0 aliphatic heterocycles. The Balaban J connectivity index is 1.96. The zero-order valence-electron chi connectivity index (χ0n) is 13.0. The van der Waals surface area contributed by atoms with Crippen LogP contribution in [0.4, 0.5) is 4.79 Å². The Labute approximate surface area is 138 Å². The number of carbonyl (C=O) groups excluding carboxylic acids is 1. The summed E-state index contributed by atoms with van der Waals surface area (Å²) in [6, 6.07) is 9.29. The molecule has 0 spiro atoms. The van der Waals surface area contributed by atoms with E-state index in [0.29, 0.717) is 0 Å². The van der Waals surface area contributed by atoms with Crippen LogP contribution in [0.5, 0.6) is 0 Å². The smallest absolute Gasteiger partial charge is 0.317 e. The minimum Gasteiger partial charge on any atom is -0.481 e. The van der Waals surface area contributed by atoms with Gasteiger partial charge in [-0.3, -0.25) is 4.79 Å². The molecule has 0 bridgehead atoms. The van der Waals surface area contributed by atoms with Crippen LogP contribution < -0.4 is 5.32 Å². The Morgan fingerprint density at radius 2 is 2.04 bits per heavy atom. The van der Waals surface area contributed by atoms with Gasteiger partial charge in [0.15, 0.2) is 0 Å². The lowest BCUT2D eigenvalue weighted by Crippen LogP contribution is -2.39. The van der Waals surface area contributed by atoms with Crippen molar-refractivity contribution >= 4 is 23.3 Å². The molecule has 2 amide bonds. The lowest BCUT2D eigenvalue weighted by atomic mass is 10.2. The second kappa shape index (κ2) is 7.73. The molecule has 1 unspecified atom stereocenters. The van der Waals surface area contributed by atoms with E-state index in [2.05, 4.69) is 10.3 Å². The van der Waals surface area contributed by atoms with E-state index in [9.17, 15) is 9.59 Å². The van der Waals surface area contributed by atoms with Crippen molar-refractivity contribution in [2.45, 2.75) is 19.4 Å². The van der Waals surface area contributed by atoms with Gasteiger partial charge in [0.25, 0.3) is 0 Å². The number of urea groups is 1. The average molecular weight is 333 g/mol. The van der Waals surface area contributed by atoms with Gasteiger partial charge in [-0.1, -0.05) is 30.3 Å². The number of aliphatic carboxylic acids is 1. The van der Waals surface area contributed by atoms with Gasteiger partial charge in [0.05, 0.1) is 18.2 Å². The fourth-order valence-corrected chi connectivity index (χ4v) is 2.79. The zero-order chi connectivity index (χ0) is 16.8. The van der Waals surface area contributed by atoms with Crippen molar-refractivity contribution < 1.29 is 14.7 Å². The van der Waals surface area contributed by atoms with E-state index < -0.39 is 5.97 Å². The van der Waals surface area contributed by atoms with Crippen LogP contribution in [0.15, 0.2) is 35.7 Å². The molecule has 7 heteroatoms. The Morgan fingerprint density at radius 1 is 1.35 bits per heavy atom. The summed E-state index contributed by atoms with van der Waals surface area (Å²) >= 11 is 1.49. The molecule has 2 aromatic rings. The van der Waals surface area contributed by atoms with Crippen molar-refractivity contribution in [1.29, 1.82) is 0 Å². The van der Waals surface area contributed by atoms with Crippen LogP contribution in [0, 0.1) is 0 Å². The van der Waals surface area contributed by atoms with Crippen molar-refractivity contribution in [2.24, 2.45) is 0 Å². The SMILES string of the molecule is CC(NC(=O)N(C)CCC(=O)O)c1nc(-c2ccccc2)cs1. The molecule has 1 heterocycles. The van der Waals surface area contributed by atoms with Crippen molar-refractivity contribution in [3.05, 3.63) is 40.7 Å². The number of thiazole rings is 1. The predicted molar refractivity (Wildman–Crippen MR) is 89.4 cm³/mol. The van der Waals surface area contributed by atoms with Crippen LogP contribution in [-0.4, -0.2) is 40.6 Å². The number of aromatic nitrogens is 1. The molecule has 23 heavy (non-hydrogen) atoms. The zero-order valence-corrected chi connectivity index (χ0v) is 13.8. The second-order valence-electron chi connectivity index (χ2n) is 5.17. The number of hydrogen-bond acceptors (Lipinski definition) is 4. The third-order valence-corrected chi connectivity index (χ3v) is 4.34. The molecule has 122 valence electrons. The topological polar surface area (TPSA) is 82.5 Å². The molecule has 1 aromatic heterocycles. The third kappa shape index (κ3) is 4.79. The maximum Gasteiger partial charge on any atom is 0.317 e. The fourth-order valence-electron chi connectivity index (χ4n) is 1.95. The highest BCUT2D eigenvalue weighted by Gasteiger charge is 2.17. The van der Waals surface area contributed by atoms with Crippen molar-refractivity contribution in [3.8, 4) is 11.3 Å². The van der Waals surface area contributed by atoms with Crippen LogP contribution >= 0.6 is 11.3 Å². The molecule has 2 rings (SSSR count). The highest BCUT2D eigenvalue weighted by atomic mass is 32.1. The first-order valence-corrected chi connectivity index (χ1v) is 8.09. The summed E-state index contributed by atoms with van der Waals surface area (Å²) in [5, 5.41) is 14.2. The number of hydrogen-bond donors (Lipinski definition) is 2. The lowest BCUT2D eigenvalue weighted by molar-refractivity contribution is -0.137. The number of carbonyl (C=O) groups is 2. The highest BCUT2D eigenvalue weighted by molar-refractivity contribution is 7.10. The van der Waals surface area contributed by atoms with Gasteiger partial charge >= 0.3 is 12.0 Å². The van der Waals surface area contributed by atoms with Crippen LogP contribution in [-0.2, 0) is 4.79 Å². The number of carboxylic acid groups (broad SMARTS) is 1. The highest BCUT2D eigenvalue weighted by Crippen LogP contribution is 2.25. The maximum atomic E-state index is 12.0. The van der Waals surface area contributed by atoms with E-state index in [1.54, 1.807) is 7.05 Å². The monoisotopic (exact) mass is 333 g/mol. The molecule has 2 N–H and O–H groups in total. The number of nitrogens with zero attached hydrogens (tertiary/aromatic N) is 2. The molecule has 0 radical (unpaired) electrons. The van der Waals surface area contributed by atoms with Gasteiger partial charge in [-0.15, -0.1) is 11.3 Å². The first kappa shape index (κ1) is 17.0. The van der Waals surface area contributed by atoms with Gasteiger partial charge in [-0.2, -0.15) is 0 Å². The molecule has 1 aromatic carbocycles. The molecule has 6 nitrogen and oxygen atoms in total. The summed E-state index contributed by atoms with van der Waals surface area (Å²) in [6.07, 6.45) is -0.0757. The summed E-state index contributed by atoms with van der Waals surface area (Å²) in [6.45, 7) is 2.03. The second-order valence-corrected chi connectivity index (χ2v) is 6.06. The minimum absolute atomic E-state index is 0.0757. The molecule has 0 saturated heterocycles. The summed E-state index contributed by atoms with van der Waals surface area (Å²) in [5.41, 5.74) is 1.91. The number of amides is 2. The number of carboxylic acids is 1. The van der Waals surface area contributed by atoms with E-state index >= 15 is 0 Å². The van der Waals surface area contributed by atoms with Crippen molar-refractivity contribution in [2.75, 3.05) is 13.6 Å². The van der Waals surface area contributed by atoms with E-state index in [-0.39, 0.29) is 25.0 Å². The molecule has 0 fully saturated rings. The van der Waals surface area contributed by atoms with E-state index in [0.717, 1.165) is 16.3 Å². The Bertz CT molecular complexity index is 672. The van der Waals surface area contributed by atoms with E-state index in [4.69, 9.17) is 5.11 Å². The Kier molecular flexibility index (Phi) is 5.70. The van der Waals surface area contributed by atoms with Gasteiger partial charge in [0.1, 0.15) is 5.01 Å². The normalized spacial score (nSPS) is 11.7. The van der Waals surface area contributed by atoms with E-state index in [1.807, 2.05) is 42.6 Å². The number of benzene rings is 1. The minimum atomic E-state index is -0.926. The fraction of sp³-hybridized carbons (Fsp3) is 0.312. The lowest BCUT2D eigenvalue weighted by Gasteiger charge is -2.19. The van der Waals surface area contributed by atoms with Gasteiger partial charge in [-0.25, -0.2) is 9.78 Å². The van der Waals surface area contributed by atoms with E-state index in [1.165, 1.54) is 16.2 Å². The van der Waals surface area contributed by atoms with Crippen molar-refractivity contribution in [1.82, 2.24) is 15.2 Å². The van der Waals surface area contributed by atoms with Crippen LogP contribution in [0.25, 0.3) is 11.3 Å². The van der Waals surface area contributed by atoms with Crippen LogP contribution in [0.2, 0.25) is 0 Å². The standard InChI is InChI=1S/C16H19N3O3S/c1-11(17-16(22)19(2)9-8-14(20)21)15-18-13(10-23-15)12-6-4-3-5-7-12/h3-7,10-11H,8-9H2,1-2H3,(H,17,22)(H,20,21). The molecular weight excluding hydrogens is 314 g/mol. The number of nitrogens with one attached hydrogen (secondary N) is 1. The van der Waals surface area contributed by atoms with Gasteiger partial charge in [0.2, 0.25) is 0 Å². The molecular formula is C16H19N3O3S. The first-order valence-electron chi connectivity index (χ1n) is 7.21. The maximum absolute atomic E-state index is 12.0.